The summed E-state index contributed by atoms with van der Waals surface area (Å²) in [5.74, 6) is 0.172. The van der Waals surface area contributed by atoms with Crippen LogP contribution in [0.4, 0.5) is 5.69 Å². The first kappa shape index (κ1) is 16.5. The Labute approximate surface area is 144 Å². The molecule has 126 valence electrons. The van der Waals surface area contributed by atoms with Gasteiger partial charge in [0.2, 0.25) is 5.91 Å². The van der Waals surface area contributed by atoms with Gasteiger partial charge in [-0.05, 0) is 42.8 Å². The monoisotopic (exact) mass is 348 g/mol. The van der Waals surface area contributed by atoms with Crippen molar-refractivity contribution in [1.82, 2.24) is 5.32 Å². The molecular formula is C17H17ClN2O4. The summed E-state index contributed by atoms with van der Waals surface area (Å²) in [5, 5.41) is 3.33. The molecule has 1 fully saturated rings. The van der Waals surface area contributed by atoms with Gasteiger partial charge in [0.1, 0.15) is 18.4 Å². The van der Waals surface area contributed by atoms with E-state index in [2.05, 4.69) is 5.32 Å². The van der Waals surface area contributed by atoms with Gasteiger partial charge in [0.25, 0.3) is 5.91 Å². The summed E-state index contributed by atoms with van der Waals surface area (Å²) in [5.41, 5.74) is 0.765. The van der Waals surface area contributed by atoms with E-state index in [1.165, 1.54) is 0 Å². The van der Waals surface area contributed by atoms with E-state index in [0.717, 1.165) is 5.69 Å². The lowest BCUT2D eigenvalue weighted by molar-refractivity contribution is -0.118. The highest BCUT2D eigenvalue weighted by atomic mass is 35.5. The quantitative estimate of drug-likeness (QED) is 0.901. The molecule has 1 aromatic carbocycles. The number of rotatable bonds is 5. The van der Waals surface area contributed by atoms with Crippen LogP contribution in [0.1, 0.15) is 22.7 Å². The van der Waals surface area contributed by atoms with E-state index in [-0.39, 0.29) is 11.7 Å². The van der Waals surface area contributed by atoms with Crippen LogP contribution in [0.2, 0.25) is 5.02 Å². The van der Waals surface area contributed by atoms with Gasteiger partial charge in [-0.15, -0.1) is 0 Å². The molecular weight excluding hydrogens is 332 g/mol. The lowest BCUT2D eigenvalue weighted by atomic mass is 10.2. The van der Waals surface area contributed by atoms with Crippen LogP contribution in [0.5, 0.6) is 0 Å². The van der Waals surface area contributed by atoms with Crippen LogP contribution in [-0.2, 0) is 16.1 Å². The van der Waals surface area contributed by atoms with E-state index in [0.29, 0.717) is 30.4 Å². The van der Waals surface area contributed by atoms with Gasteiger partial charge in [-0.2, -0.15) is 0 Å². The van der Waals surface area contributed by atoms with Crippen molar-refractivity contribution in [1.29, 1.82) is 0 Å². The minimum absolute atomic E-state index is 0.144. The third-order valence-electron chi connectivity index (χ3n) is 3.82. The van der Waals surface area contributed by atoms with E-state index in [9.17, 15) is 9.59 Å². The normalized spacial score (nSPS) is 17.3. The number of carbonyl (C=O) groups is 2. The Hall–Kier alpha value is -2.31. The van der Waals surface area contributed by atoms with Crippen molar-refractivity contribution >= 4 is 29.1 Å². The molecule has 2 heterocycles. The Morgan fingerprint density at radius 3 is 2.79 bits per heavy atom. The number of carbonyl (C=O) groups excluding carboxylic acids is 2. The summed E-state index contributed by atoms with van der Waals surface area (Å²) in [7, 11) is 1.55. The lowest BCUT2D eigenvalue weighted by Crippen LogP contribution is -2.41. The zero-order chi connectivity index (χ0) is 17.1. The van der Waals surface area contributed by atoms with Crippen LogP contribution in [-0.4, -0.2) is 31.5 Å². The van der Waals surface area contributed by atoms with E-state index in [4.69, 9.17) is 20.8 Å². The largest absolute Gasteiger partial charge is 0.453 e. The molecule has 2 aromatic rings. The fourth-order valence-electron chi connectivity index (χ4n) is 2.64. The van der Waals surface area contributed by atoms with Gasteiger partial charge >= 0.3 is 0 Å². The second-order valence-corrected chi connectivity index (χ2v) is 5.92. The molecule has 3 rings (SSSR count). The molecule has 1 aromatic heterocycles. The van der Waals surface area contributed by atoms with Crippen LogP contribution in [0.25, 0.3) is 0 Å². The molecule has 0 unspecified atom stereocenters. The van der Waals surface area contributed by atoms with Crippen molar-refractivity contribution in [3.63, 3.8) is 0 Å². The van der Waals surface area contributed by atoms with Gasteiger partial charge in [0.05, 0.1) is 0 Å². The molecule has 0 saturated carbocycles. The highest BCUT2D eigenvalue weighted by Gasteiger charge is 2.34. The first-order valence-corrected chi connectivity index (χ1v) is 7.92. The lowest BCUT2D eigenvalue weighted by Gasteiger charge is -2.17. The number of methoxy groups -OCH3 is 1. The summed E-state index contributed by atoms with van der Waals surface area (Å²) >= 11 is 5.86. The predicted molar refractivity (Wildman–Crippen MR) is 89.1 cm³/mol. The Morgan fingerprint density at radius 2 is 2.08 bits per heavy atom. The molecule has 6 nitrogen and oxygen atoms in total. The maximum atomic E-state index is 12.5. The molecule has 1 N–H and O–H groups in total. The summed E-state index contributed by atoms with van der Waals surface area (Å²) in [6, 6.07) is 9.72. The van der Waals surface area contributed by atoms with E-state index in [1.54, 1.807) is 48.4 Å². The van der Waals surface area contributed by atoms with Gasteiger partial charge in [-0.3, -0.25) is 9.59 Å². The highest BCUT2D eigenvalue weighted by molar-refractivity contribution is 6.30. The first-order valence-electron chi connectivity index (χ1n) is 7.54. The molecule has 1 aliphatic rings. The van der Waals surface area contributed by atoms with Crippen LogP contribution in [0, 0.1) is 0 Å². The Balaban J connectivity index is 1.64. The molecule has 0 aliphatic carbocycles. The number of hydrogen-bond acceptors (Lipinski definition) is 4. The number of nitrogens with one attached hydrogen (secondary N) is 1. The van der Waals surface area contributed by atoms with E-state index >= 15 is 0 Å². The second kappa shape index (κ2) is 7.07. The standard InChI is InChI=1S/C17H17ClN2O4/c1-23-10-13-6-7-15(24-13)16(21)19-14-8-9-20(17(14)22)12-4-2-11(18)3-5-12/h2-7,14H,8-10H2,1H3,(H,19,21)/t14-/m0/s1. The number of ether oxygens (including phenoxy) is 1. The number of anilines is 1. The molecule has 2 amide bonds. The predicted octanol–water partition coefficient (Wildman–Crippen LogP) is 2.61. The Bertz CT molecular complexity index is 741. The van der Waals surface area contributed by atoms with E-state index < -0.39 is 11.9 Å². The molecule has 0 bridgehead atoms. The van der Waals surface area contributed by atoms with Crippen LogP contribution in [0.3, 0.4) is 0 Å². The zero-order valence-electron chi connectivity index (χ0n) is 13.1. The fourth-order valence-corrected chi connectivity index (χ4v) is 2.77. The average Bonchev–Trinajstić information content (AvgIpc) is 3.17. The van der Waals surface area contributed by atoms with Crippen molar-refractivity contribution in [2.24, 2.45) is 0 Å². The number of halogens is 1. The third-order valence-corrected chi connectivity index (χ3v) is 4.07. The second-order valence-electron chi connectivity index (χ2n) is 5.48. The molecule has 24 heavy (non-hydrogen) atoms. The van der Waals surface area contributed by atoms with Gasteiger partial charge in [0.15, 0.2) is 5.76 Å². The summed E-state index contributed by atoms with van der Waals surface area (Å²) in [6.45, 7) is 0.832. The number of amides is 2. The Kier molecular flexibility index (Phi) is 4.87. The van der Waals surface area contributed by atoms with Gasteiger partial charge in [-0.1, -0.05) is 11.6 Å². The first-order chi connectivity index (χ1) is 11.6. The Morgan fingerprint density at radius 1 is 1.33 bits per heavy atom. The molecule has 1 aliphatic heterocycles. The maximum absolute atomic E-state index is 12.5. The topological polar surface area (TPSA) is 71.8 Å². The van der Waals surface area contributed by atoms with Crippen molar-refractivity contribution in [3.05, 3.63) is 52.9 Å². The molecule has 0 spiro atoms. The number of furan rings is 1. The van der Waals surface area contributed by atoms with Crippen LogP contribution in [0.15, 0.2) is 40.8 Å². The fraction of sp³-hybridized carbons (Fsp3) is 0.294. The smallest absolute Gasteiger partial charge is 0.287 e. The van der Waals surface area contributed by atoms with Gasteiger partial charge < -0.3 is 19.4 Å². The average molecular weight is 349 g/mol. The number of nitrogens with zero attached hydrogens (tertiary/aromatic N) is 1. The number of benzene rings is 1. The van der Waals surface area contributed by atoms with Crippen molar-refractivity contribution in [3.8, 4) is 0 Å². The molecule has 7 heteroatoms. The maximum Gasteiger partial charge on any atom is 0.287 e. The number of hydrogen-bond donors (Lipinski definition) is 1. The third kappa shape index (κ3) is 3.44. The summed E-state index contributed by atoms with van der Waals surface area (Å²) < 4.78 is 10.3. The zero-order valence-corrected chi connectivity index (χ0v) is 13.9. The SMILES string of the molecule is COCc1ccc(C(=O)N[C@H]2CCN(c3ccc(Cl)cc3)C2=O)o1. The van der Waals surface area contributed by atoms with Crippen LogP contribution < -0.4 is 10.2 Å². The highest BCUT2D eigenvalue weighted by Crippen LogP contribution is 2.23. The minimum Gasteiger partial charge on any atom is -0.453 e. The van der Waals surface area contributed by atoms with Crippen molar-refractivity contribution < 1.29 is 18.7 Å². The minimum atomic E-state index is -0.566. The molecule has 1 atom stereocenters. The summed E-state index contributed by atoms with van der Waals surface area (Å²) in [4.78, 5) is 26.3. The van der Waals surface area contributed by atoms with Gasteiger partial charge in [-0.25, -0.2) is 0 Å². The van der Waals surface area contributed by atoms with Crippen LogP contribution >= 0.6 is 11.6 Å². The van der Waals surface area contributed by atoms with Crippen molar-refractivity contribution in [2.45, 2.75) is 19.1 Å². The van der Waals surface area contributed by atoms with Crippen molar-refractivity contribution in [2.75, 3.05) is 18.6 Å². The van der Waals surface area contributed by atoms with E-state index in [1.807, 2.05) is 0 Å². The molecule has 1 saturated heterocycles. The molecule has 0 radical (unpaired) electrons. The summed E-state index contributed by atoms with van der Waals surface area (Å²) in [6.07, 6.45) is 0.541. The van der Waals surface area contributed by atoms with Gasteiger partial charge in [0, 0.05) is 24.4 Å².